The highest BCUT2D eigenvalue weighted by Crippen LogP contribution is 2.31. The summed E-state index contributed by atoms with van der Waals surface area (Å²) in [4.78, 5) is 11.5. The minimum atomic E-state index is -4.46. The van der Waals surface area contributed by atoms with Gasteiger partial charge in [-0.2, -0.15) is 23.4 Å². The summed E-state index contributed by atoms with van der Waals surface area (Å²) in [6.07, 6.45) is -1.40. The molecule has 1 heterocycles. The fraction of sp³-hybridized carbons (Fsp3) is 0.312. The van der Waals surface area contributed by atoms with Crippen molar-refractivity contribution in [2.75, 3.05) is 0 Å². The molecule has 1 saturated carbocycles. The van der Waals surface area contributed by atoms with Crippen LogP contribution in [-0.4, -0.2) is 21.9 Å². The molecule has 0 aliphatic heterocycles. The van der Waals surface area contributed by atoms with Crippen molar-refractivity contribution < 1.29 is 18.0 Å². The molecular weight excluding hydrogens is 357 g/mol. The van der Waals surface area contributed by atoms with Gasteiger partial charge < -0.3 is 0 Å². The van der Waals surface area contributed by atoms with Gasteiger partial charge in [0.25, 0.3) is 0 Å². The predicted molar refractivity (Wildman–Crippen MR) is 86.8 cm³/mol. The van der Waals surface area contributed by atoms with Gasteiger partial charge in [-0.05, 0) is 38.0 Å². The molecule has 25 heavy (non-hydrogen) atoms. The molecule has 132 valence electrons. The van der Waals surface area contributed by atoms with Crippen LogP contribution in [0.1, 0.15) is 29.7 Å². The highest BCUT2D eigenvalue weighted by molar-refractivity contribution is 6.32. The number of aromatic nitrogens is 2. The zero-order valence-electron chi connectivity index (χ0n) is 13.1. The van der Waals surface area contributed by atoms with Crippen molar-refractivity contribution in [2.45, 2.75) is 25.9 Å². The van der Waals surface area contributed by atoms with E-state index >= 15 is 0 Å². The lowest BCUT2D eigenvalue weighted by molar-refractivity contribution is -0.137. The topological polar surface area (TPSA) is 59.3 Å². The van der Waals surface area contributed by atoms with Crippen molar-refractivity contribution in [3.63, 3.8) is 0 Å². The molecular formula is C16H14ClF3N4O. The van der Waals surface area contributed by atoms with E-state index in [1.54, 1.807) is 6.92 Å². The lowest BCUT2D eigenvalue weighted by Gasteiger charge is -2.09. The van der Waals surface area contributed by atoms with Crippen LogP contribution in [0.3, 0.4) is 0 Å². The number of alkyl halides is 3. The number of benzene rings is 1. The number of hydrogen-bond acceptors (Lipinski definition) is 3. The van der Waals surface area contributed by atoms with E-state index in [1.807, 2.05) is 0 Å². The lowest BCUT2D eigenvalue weighted by atomic mass is 10.2. The van der Waals surface area contributed by atoms with Crippen LogP contribution in [0.15, 0.2) is 29.4 Å². The number of amides is 1. The fourth-order valence-corrected chi connectivity index (χ4v) is 2.56. The second kappa shape index (κ2) is 6.51. The third kappa shape index (κ3) is 3.84. The highest BCUT2D eigenvalue weighted by atomic mass is 35.5. The maximum atomic E-state index is 12.9. The van der Waals surface area contributed by atoms with E-state index < -0.39 is 11.7 Å². The summed E-state index contributed by atoms with van der Waals surface area (Å²) in [6.45, 7) is 1.65. The van der Waals surface area contributed by atoms with Crippen molar-refractivity contribution in [3.05, 3.63) is 46.2 Å². The molecule has 1 aliphatic rings. The van der Waals surface area contributed by atoms with E-state index in [9.17, 15) is 18.0 Å². The number of hydrogen-bond donors (Lipinski definition) is 1. The van der Waals surface area contributed by atoms with Crippen molar-refractivity contribution in [2.24, 2.45) is 11.0 Å². The maximum absolute atomic E-state index is 12.9. The van der Waals surface area contributed by atoms with Crippen LogP contribution in [0, 0.1) is 12.8 Å². The minimum absolute atomic E-state index is 0.0153. The molecule has 1 aliphatic carbocycles. The van der Waals surface area contributed by atoms with Crippen LogP contribution in [-0.2, 0) is 11.0 Å². The minimum Gasteiger partial charge on any atom is -0.273 e. The number of halogens is 4. The summed E-state index contributed by atoms with van der Waals surface area (Å²) in [7, 11) is 0. The van der Waals surface area contributed by atoms with Crippen LogP contribution >= 0.6 is 11.6 Å². The average molecular weight is 371 g/mol. The quantitative estimate of drug-likeness (QED) is 0.658. The van der Waals surface area contributed by atoms with Gasteiger partial charge in [0.05, 0.1) is 28.7 Å². The Morgan fingerprint density at radius 1 is 1.44 bits per heavy atom. The first-order valence-electron chi connectivity index (χ1n) is 7.53. The summed E-state index contributed by atoms with van der Waals surface area (Å²) >= 11 is 6.24. The third-order valence-electron chi connectivity index (χ3n) is 3.78. The van der Waals surface area contributed by atoms with Crippen LogP contribution in [0.4, 0.5) is 13.2 Å². The Kier molecular flexibility index (Phi) is 4.55. The summed E-state index contributed by atoms with van der Waals surface area (Å²) < 4.78 is 39.8. The molecule has 0 spiro atoms. The molecule has 0 atom stereocenters. The van der Waals surface area contributed by atoms with Gasteiger partial charge in [-0.15, -0.1) is 0 Å². The molecule has 5 nitrogen and oxygen atoms in total. The number of hydrazone groups is 1. The van der Waals surface area contributed by atoms with Crippen molar-refractivity contribution >= 4 is 23.7 Å². The number of aryl methyl sites for hydroxylation is 1. The Balaban J connectivity index is 1.86. The molecule has 0 saturated heterocycles. The Hall–Kier alpha value is -2.35. The average Bonchev–Trinajstić information content (AvgIpc) is 3.36. The van der Waals surface area contributed by atoms with E-state index in [4.69, 9.17) is 11.6 Å². The van der Waals surface area contributed by atoms with E-state index in [1.165, 1.54) is 23.0 Å². The smallest absolute Gasteiger partial charge is 0.273 e. The van der Waals surface area contributed by atoms with E-state index in [0.717, 1.165) is 25.0 Å². The lowest BCUT2D eigenvalue weighted by Crippen LogP contribution is -2.19. The SMILES string of the molecule is Cc1nn(-c2cccc(C(F)(F)F)c2)c(Cl)c1C=NNC(=O)C1CC1. The highest BCUT2D eigenvalue weighted by Gasteiger charge is 2.31. The number of carbonyl (C=O) groups excluding carboxylic acids is 1. The Labute approximate surface area is 146 Å². The molecule has 0 unspecified atom stereocenters. The van der Waals surface area contributed by atoms with Crippen molar-refractivity contribution in [3.8, 4) is 5.69 Å². The zero-order valence-corrected chi connectivity index (χ0v) is 13.9. The molecule has 9 heteroatoms. The molecule has 1 aromatic carbocycles. The van der Waals surface area contributed by atoms with Gasteiger partial charge in [0.15, 0.2) is 0 Å². The number of rotatable bonds is 4. The second-order valence-corrected chi connectivity index (χ2v) is 6.12. The van der Waals surface area contributed by atoms with E-state index in [0.29, 0.717) is 11.3 Å². The Morgan fingerprint density at radius 3 is 2.80 bits per heavy atom. The first-order valence-corrected chi connectivity index (χ1v) is 7.91. The van der Waals surface area contributed by atoms with Gasteiger partial charge in [-0.1, -0.05) is 17.7 Å². The fourth-order valence-electron chi connectivity index (χ4n) is 2.24. The molecule has 1 N–H and O–H groups in total. The van der Waals surface area contributed by atoms with Crippen LogP contribution < -0.4 is 5.43 Å². The third-order valence-corrected chi connectivity index (χ3v) is 4.15. The Morgan fingerprint density at radius 2 is 2.16 bits per heavy atom. The van der Waals surface area contributed by atoms with Crippen LogP contribution in [0.2, 0.25) is 5.15 Å². The molecule has 0 bridgehead atoms. The van der Waals surface area contributed by atoms with Crippen molar-refractivity contribution in [1.82, 2.24) is 15.2 Å². The summed E-state index contributed by atoms with van der Waals surface area (Å²) in [5.74, 6) is -0.142. The predicted octanol–water partition coefficient (Wildman–Crippen LogP) is 3.71. The normalized spacial score (nSPS) is 14.9. The Bertz CT molecular complexity index is 840. The second-order valence-electron chi connectivity index (χ2n) is 5.76. The maximum Gasteiger partial charge on any atom is 0.416 e. The molecule has 2 aromatic rings. The van der Waals surface area contributed by atoms with Gasteiger partial charge in [0, 0.05) is 5.92 Å². The standard InChI is InChI=1S/C16H14ClF3N4O/c1-9-13(8-21-22-15(25)10-5-6-10)14(17)24(23-9)12-4-2-3-11(7-12)16(18,19)20/h2-4,7-8,10H,5-6H2,1H3,(H,22,25). The summed E-state index contributed by atoms with van der Waals surface area (Å²) in [5.41, 5.74) is 2.71. The summed E-state index contributed by atoms with van der Waals surface area (Å²) in [6, 6.07) is 4.70. The van der Waals surface area contributed by atoms with Gasteiger partial charge in [0.2, 0.25) is 5.91 Å². The number of nitrogens with one attached hydrogen (secondary N) is 1. The summed E-state index contributed by atoms with van der Waals surface area (Å²) in [5, 5.41) is 8.12. The molecule has 3 rings (SSSR count). The van der Waals surface area contributed by atoms with Crippen LogP contribution in [0.5, 0.6) is 0 Å². The van der Waals surface area contributed by atoms with Gasteiger partial charge in [-0.25, -0.2) is 10.1 Å². The van der Waals surface area contributed by atoms with Crippen LogP contribution in [0.25, 0.3) is 5.69 Å². The van der Waals surface area contributed by atoms with E-state index in [-0.39, 0.29) is 22.7 Å². The molecule has 1 fully saturated rings. The van der Waals surface area contributed by atoms with E-state index in [2.05, 4.69) is 15.6 Å². The van der Waals surface area contributed by atoms with Gasteiger partial charge in [0.1, 0.15) is 5.15 Å². The van der Waals surface area contributed by atoms with Gasteiger partial charge >= 0.3 is 6.18 Å². The largest absolute Gasteiger partial charge is 0.416 e. The van der Waals surface area contributed by atoms with Gasteiger partial charge in [-0.3, -0.25) is 4.79 Å². The van der Waals surface area contributed by atoms with Crippen molar-refractivity contribution in [1.29, 1.82) is 0 Å². The first-order chi connectivity index (χ1) is 11.8. The molecule has 1 amide bonds. The monoisotopic (exact) mass is 370 g/mol. The number of nitrogens with zero attached hydrogens (tertiary/aromatic N) is 3. The molecule has 1 aromatic heterocycles. The first kappa shape index (κ1) is 17.5. The molecule has 0 radical (unpaired) electrons. The number of carbonyl (C=O) groups is 1. The zero-order chi connectivity index (χ0) is 18.2.